The zero-order valence-corrected chi connectivity index (χ0v) is 16.4. The lowest BCUT2D eigenvalue weighted by Crippen LogP contribution is -2.29. The molecule has 8 nitrogen and oxygen atoms in total. The van der Waals surface area contributed by atoms with Gasteiger partial charge in [0.1, 0.15) is 23.9 Å². The van der Waals surface area contributed by atoms with E-state index in [9.17, 15) is 18.0 Å². The second-order valence-corrected chi connectivity index (χ2v) is 6.39. The van der Waals surface area contributed by atoms with Gasteiger partial charge in [0.05, 0.1) is 26.3 Å². The Bertz CT molecular complexity index is 1030. The predicted octanol–water partition coefficient (Wildman–Crippen LogP) is 3.39. The normalized spacial score (nSPS) is 11.4. The summed E-state index contributed by atoms with van der Waals surface area (Å²) in [5.74, 6) is 0.896. The molecule has 11 heteroatoms. The van der Waals surface area contributed by atoms with Gasteiger partial charge >= 0.3 is 6.18 Å². The van der Waals surface area contributed by atoms with Crippen LogP contribution in [0, 0.1) is 0 Å². The molecule has 1 amide bonds. The number of aromatic nitrogens is 3. The van der Waals surface area contributed by atoms with Gasteiger partial charge in [0.25, 0.3) is 5.91 Å². The van der Waals surface area contributed by atoms with Crippen molar-refractivity contribution in [2.24, 2.45) is 0 Å². The van der Waals surface area contributed by atoms with Gasteiger partial charge in [0.2, 0.25) is 0 Å². The van der Waals surface area contributed by atoms with Crippen molar-refractivity contribution in [3.63, 3.8) is 0 Å². The largest absolute Gasteiger partial charge is 0.497 e. The number of ether oxygens (including phenoxy) is 2. The van der Waals surface area contributed by atoms with E-state index in [-0.39, 0.29) is 23.8 Å². The van der Waals surface area contributed by atoms with Gasteiger partial charge in [-0.05, 0) is 18.2 Å². The Kier molecular flexibility index (Phi) is 5.99. The number of methoxy groups -OCH3 is 2. The number of halogens is 3. The molecule has 0 atom stereocenters. The van der Waals surface area contributed by atoms with Crippen LogP contribution in [0.25, 0.3) is 11.3 Å². The van der Waals surface area contributed by atoms with E-state index >= 15 is 0 Å². The number of hydrogen-bond acceptors (Lipinski definition) is 6. The van der Waals surface area contributed by atoms with E-state index in [1.165, 1.54) is 44.6 Å². The van der Waals surface area contributed by atoms with Crippen LogP contribution in [0.15, 0.2) is 41.2 Å². The van der Waals surface area contributed by atoms with Crippen LogP contribution in [0.2, 0.25) is 0 Å². The zero-order valence-electron chi connectivity index (χ0n) is 16.4. The number of imidazole rings is 1. The molecule has 3 aromatic rings. The monoisotopic (exact) mass is 424 g/mol. The molecule has 3 rings (SSSR count). The van der Waals surface area contributed by atoms with Crippen LogP contribution in [0.5, 0.6) is 11.5 Å². The topological polar surface area (TPSA) is 82.6 Å². The standard InChI is InChI=1S/C19H19F3N4O4/c1-25(10-17-23-6-7-26(17)11-19(20,21)22)18(27)14-9-16(30-24-14)13-8-12(28-2)4-5-15(13)29-3/h4-9H,10-11H2,1-3H3. The number of rotatable bonds is 7. The molecule has 0 unspecified atom stereocenters. The number of amides is 1. The highest BCUT2D eigenvalue weighted by atomic mass is 19.4. The summed E-state index contributed by atoms with van der Waals surface area (Å²) in [5, 5.41) is 3.79. The summed E-state index contributed by atoms with van der Waals surface area (Å²) >= 11 is 0. The maximum Gasteiger partial charge on any atom is 0.406 e. The summed E-state index contributed by atoms with van der Waals surface area (Å²) in [6.07, 6.45) is -1.93. The van der Waals surface area contributed by atoms with Crippen molar-refractivity contribution < 1.29 is 32.0 Å². The van der Waals surface area contributed by atoms with E-state index in [2.05, 4.69) is 10.1 Å². The Morgan fingerprint density at radius 2 is 2.00 bits per heavy atom. The first-order chi connectivity index (χ1) is 14.2. The third kappa shape index (κ3) is 4.73. The molecule has 2 aromatic heterocycles. The number of hydrogen-bond donors (Lipinski definition) is 0. The first-order valence-electron chi connectivity index (χ1n) is 8.73. The molecule has 0 aliphatic carbocycles. The molecule has 0 N–H and O–H groups in total. The maximum absolute atomic E-state index is 12.7. The molecule has 0 radical (unpaired) electrons. The Morgan fingerprint density at radius 3 is 2.67 bits per heavy atom. The van der Waals surface area contributed by atoms with Gasteiger partial charge < -0.3 is 23.5 Å². The fourth-order valence-corrected chi connectivity index (χ4v) is 2.82. The quantitative estimate of drug-likeness (QED) is 0.578. The molecular formula is C19H19F3N4O4. The van der Waals surface area contributed by atoms with Crippen LogP contribution < -0.4 is 9.47 Å². The Labute approximate surface area is 169 Å². The lowest BCUT2D eigenvalue weighted by atomic mass is 10.1. The van der Waals surface area contributed by atoms with Gasteiger partial charge in [-0.2, -0.15) is 13.2 Å². The van der Waals surface area contributed by atoms with Crippen LogP contribution in [-0.2, 0) is 13.1 Å². The summed E-state index contributed by atoms with van der Waals surface area (Å²) in [7, 11) is 4.44. The van der Waals surface area contributed by atoms with Crippen molar-refractivity contribution in [2.75, 3.05) is 21.3 Å². The number of carbonyl (C=O) groups is 1. The van der Waals surface area contributed by atoms with Gasteiger partial charge in [-0.3, -0.25) is 4.79 Å². The summed E-state index contributed by atoms with van der Waals surface area (Å²) in [5.41, 5.74) is 0.526. The minimum absolute atomic E-state index is 0.00806. The smallest absolute Gasteiger partial charge is 0.406 e. The molecule has 160 valence electrons. The maximum atomic E-state index is 12.7. The number of carbonyl (C=O) groups excluding carboxylic acids is 1. The minimum atomic E-state index is -4.39. The van der Waals surface area contributed by atoms with Crippen molar-refractivity contribution in [2.45, 2.75) is 19.3 Å². The average molecular weight is 424 g/mol. The van der Waals surface area contributed by atoms with Crippen molar-refractivity contribution in [1.82, 2.24) is 19.6 Å². The zero-order chi connectivity index (χ0) is 21.9. The van der Waals surface area contributed by atoms with E-state index in [1.54, 1.807) is 18.2 Å². The van der Waals surface area contributed by atoms with Crippen LogP contribution in [0.3, 0.4) is 0 Å². The molecule has 0 aliphatic rings. The van der Waals surface area contributed by atoms with Crippen molar-refractivity contribution in [3.05, 3.63) is 48.2 Å². The molecule has 1 aromatic carbocycles. The molecule has 2 heterocycles. The van der Waals surface area contributed by atoms with Gasteiger partial charge in [-0.1, -0.05) is 5.16 Å². The summed E-state index contributed by atoms with van der Waals surface area (Å²) in [6, 6.07) is 6.50. The lowest BCUT2D eigenvalue weighted by molar-refractivity contribution is -0.141. The second-order valence-electron chi connectivity index (χ2n) is 6.39. The Balaban J connectivity index is 1.78. The van der Waals surface area contributed by atoms with Gasteiger partial charge in [-0.15, -0.1) is 0 Å². The molecule has 30 heavy (non-hydrogen) atoms. The minimum Gasteiger partial charge on any atom is -0.497 e. The second kappa shape index (κ2) is 8.47. The molecule has 0 spiro atoms. The van der Waals surface area contributed by atoms with Crippen molar-refractivity contribution in [1.29, 1.82) is 0 Å². The van der Waals surface area contributed by atoms with Crippen LogP contribution in [0.4, 0.5) is 13.2 Å². The highest BCUT2D eigenvalue weighted by Crippen LogP contribution is 2.34. The van der Waals surface area contributed by atoms with Gasteiger partial charge in [0, 0.05) is 25.5 Å². The molecule has 0 saturated carbocycles. The number of nitrogens with zero attached hydrogens (tertiary/aromatic N) is 4. The molecule has 0 bridgehead atoms. The van der Waals surface area contributed by atoms with E-state index < -0.39 is 18.6 Å². The molecular weight excluding hydrogens is 405 g/mol. The van der Waals surface area contributed by atoms with Crippen LogP contribution >= 0.6 is 0 Å². The molecule has 0 aliphatic heterocycles. The van der Waals surface area contributed by atoms with Crippen molar-refractivity contribution in [3.8, 4) is 22.8 Å². The van der Waals surface area contributed by atoms with E-state index in [1.807, 2.05) is 0 Å². The molecule has 0 fully saturated rings. The van der Waals surface area contributed by atoms with E-state index in [4.69, 9.17) is 14.0 Å². The summed E-state index contributed by atoms with van der Waals surface area (Å²) in [4.78, 5) is 17.8. The number of alkyl halides is 3. The highest BCUT2D eigenvalue weighted by molar-refractivity contribution is 5.93. The fraction of sp³-hybridized carbons (Fsp3) is 0.316. The summed E-state index contributed by atoms with van der Waals surface area (Å²) < 4.78 is 54.7. The van der Waals surface area contributed by atoms with Gasteiger partial charge in [0.15, 0.2) is 11.5 Å². The average Bonchev–Trinajstić information content (AvgIpc) is 3.35. The Hall–Kier alpha value is -3.50. The Morgan fingerprint density at radius 1 is 1.23 bits per heavy atom. The first kappa shape index (κ1) is 21.2. The third-order valence-electron chi connectivity index (χ3n) is 4.28. The van der Waals surface area contributed by atoms with Crippen LogP contribution in [-0.4, -0.2) is 53.0 Å². The highest BCUT2D eigenvalue weighted by Gasteiger charge is 2.29. The van der Waals surface area contributed by atoms with Crippen LogP contribution in [0.1, 0.15) is 16.3 Å². The summed E-state index contributed by atoms with van der Waals surface area (Å²) in [6.45, 7) is -1.32. The number of benzene rings is 1. The molecule has 0 saturated heterocycles. The first-order valence-corrected chi connectivity index (χ1v) is 8.73. The van der Waals surface area contributed by atoms with Gasteiger partial charge in [-0.25, -0.2) is 4.98 Å². The SMILES string of the molecule is COc1ccc(OC)c(-c2cc(C(=O)N(C)Cc3nccn3CC(F)(F)F)no2)c1. The fourth-order valence-electron chi connectivity index (χ4n) is 2.82. The lowest BCUT2D eigenvalue weighted by Gasteiger charge is -2.17. The van der Waals surface area contributed by atoms with E-state index in [0.29, 0.717) is 17.1 Å². The predicted molar refractivity (Wildman–Crippen MR) is 99.1 cm³/mol. The third-order valence-corrected chi connectivity index (χ3v) is 4.28. The van der Waals surface area contributed by atoms with Crippen molar-refractivity contribution >= 4 is 5.91 Å². The van der Waals surface area contributed by atoms with E-state index in [0.717, 1.165) is 4.57 Å².